The highest BCUT2D eigenvalue weighted by Gasteiger charge is 2.10. The monoisotopic (exact) mass is 228 g/mol. The zero-order chi connectivity index (χ0) is 12.3. The largest absolute Gasteiger partial charge is 0.317 e. The maximum atomic E-state index is 10.7. The molecule has 6 nitrogen and oxygen atoms in total. The standard InChI is InChI=1S/C11H8N4O2/c12-4-6-14-7-5-13-11(14)9-2-1-3-10(8-9)15(16)17/h1-3,5,7-8H,6H2. The molecule has 1 aromatic heterocycles. The van der Waals surface area contributed by atoms with Crippen LogP contribution >= 0.6 is 0 Å². The number of benzene rings is 1. The Kier molecular flexibility index (Phi) is 2.83. The normalized spacial score (nSPS) is 9.82. The number of imidazole rings is 1. The molecule has 1 heterocycles. The summed E-state index contributed by atoms with van der Waals surface area (Å²) in [4.78, 5) is 14.3. The Labute approximate surface area is 96.9 Å². The third kappa shape index (κ3) is 2.13. The van der Waals surface area contributed by atoms with Gasteiger partial charge in [0.1, 0.15) is 12.4 Å². The fourth-order valence-corrected chi connectivity index (χ4v) is 1.53. The van der Waals surface area contributed by atoms with Gasteiger partial charge in [-0.15, -0.1) is 0 Å². The van der Waals surface area contributed by atoms with Crippen LogP contribution in [0.4, 0.5) is 5.69 Å². The molecule has 0 atom stereocenters. The molecule has 2 aromatic rings. The van der Waals surface area contributed by atoms with E-state index in [4.69, 9.17) is 5.26 Å². The molecule has 0 bridgehead atoms. The maximum absolute atomic E-state index is 10.7. The molecule has 0 saturated carbocycles. The molecule has 0 aliphatic heterocycles. The molecule has 0 radical (unpaired) electrons. The van der Waals surface area contributed by atoms with Crippen LogP contribution in [0.25, 0.3) is 11.4 Å². The van der Waals surface area contributed by atoms with Gasteiger partial charge < -0.3 is 4.57 Å². The molecule has 0 spiro atoms. The van der Waals surface area contributed by atoms with Crippen molar-refractivity contribution in [3.8, 4) is 17.5 Å². The maximum Gasteiger partial charge on any atom is 0.270 e. The van der Waals surface area contributed by atoms with E-state index in [2.05, 4.69) is 4.98 Å². The Balaban J connectivity index is 2.46. The third-order valence-corrected chi connectivity index (χ3v) is 2.27. The van der Waals surface area contributed by atoms with Crippen LogP contribution in [0.15, 0.2) is 36.7 Å². The van der Waals surface area contributed by atoms with Gasteiger partial charge >= 0.3 is 0 Å². The van der Waals surface area contributed by atoms with Crippen molar-refractivity contribution in [2.24, 2.45) is 0 Å². The first-order valence-electron chi connectivity index (χ1n) is 4.85. The van der Waals surface area contributed by atoms with Crippen LogP contribution in [0.1, 0.15) is 0 Å². The molecule has 6 heteroatoms. The Bertz CT molecular complexity index is 598. The van der Waals surface area contributed by atoms with Crippen molar-refractivity contribution in [2.75, 3.05) is 0 Å². The van der Waals surface area contributed by atoms with Crippen molar-refractivity contribution in [3.05, 3.63) is 46.8 Å². The van der Waals surface area contributed by atoms with Gasteiger partial charge in [0.25, 0.3) is 5.69 Å². The molecule has 0 saturated heterocycles. The molecular formula is C11H8N4O2. The molecular weight excluding hydrogens is 220 g/mol. The highest BCUT2D eigenvalue weighted by molar-refractivity contribution is 5.59. The summed E-state index contributed by atoms with van der Waals surface area (Å²) in [6, 6.07) is 8.19. The lowest BCUT2D eigenvalue weighted by Gasteiger charge is -2.03. The van der Waals surface area contributed by atoms with Crippen LogP contribution < -0.4 is 0 Å². The van der Waals surface area contributed by atoms with E-state index in [9.17, 15) is 10.1 Å². The van der Waals surface area contributed by atoms with Gasteiger partial charge in [0, 0.05) is 30.1 Å². The Morgan fingerprint density at radius 2 is 2.35 bits per heavy atom. The summed E-state index contributed by atoms with van der Waals surface area (Å²) in [6.07, 6.45) is 3.23. The first-order valence-corrected chi connectivity index (χ1v) is 4.85. The lowest BCUT2D eigenvalue weighted by molar-refractivity contribution is -0.384. The molecule has 0 amide bonds. The van der Waals surface area contributed by atoms with Crippen molar-refractivity contribution in [2.45, 2.75) is 6.54 Å². The third-order valence-electron chi connectivity index (χ3n) is 2.27. The first kappa shape index (κ1) is 10.8. The van der Waals surface area contributed by atoms with Crippen LogP contribution in [-0.4, -0.2) is 14.5 Å². The quantitative estimate of drug-likeness (QED) is 0.593. The summed E-state index contributed by atoms with van der Waals surface area (Å²) in [5.41, 5.74) is 0.633. The van der Waals surface area contributed by atoms with Gasteiger partial charge in [0.2, 0.25) is 0 Å². The lowest BCUT2D eigenvalue weighted by atomic mass is 10.2. The van der Waals surface area contributed by atoms with E-state index in [-0.39, 0.29) is 12.2 Å². The average Bonchev–Trinajstić information content (AvgIpc) is 2.78. The fraction of sp³-hybridized carbons (Fsp3) is 0.0909. The number of rotatable bonds is 3. The van der Waals surface area contributed by atoms with Crippen LogP contribution in [0.5, 0.6) is 0 Å². The molecule has 84 valence electrons. The van der Waals surface area contributed by atoms with Gasteiger partial charge in [-0.3, -0.25) is 10.1 Å². The zero-order valence-electron chi connectivity index (χ0n) is 8.78. The molecule has 17 heavy (non-hydrogen) atoms. The van der Waals surface area contributed by atoms with Gasteiger partial charge in [-0.25, -0.2) is 4.98 Å². The number of hydrogen-bond donors (Lipinski definition) is 0. The number of nitro groups is 1. The van der Waals surface area contributed by atoms with E-state index < -0.39 is 4.92 Å². The SMILES string of the molecule is N#CCn1ccnc1-c1cccc([N+](=O)[O-])c1. The van der Waals surface area contributed by atoms with E-state index in [1.54, 1.807) is 29.1 Å². The summed E-state index contributed by atoms with van der Waals surface area (Å²) in [7, 11) is 0. The first-order chi connectivity index (χ1) is 8.22. The number of nitriles is 1. The van der Waals surface area contributed by atoms with Crippen LogP contribution in [0.3, 0.4) is 0 Å². The van der Waals surface area contributed by atoms with Gasteiger partial charge in [0.15, 0.2) is 0 Å². The smallest absolute Gasteiger partial charge is 0.270 e. The van der Waals surface area contributed by atoms with Gasteiger partial charge in [0.05, 0.1) is 11.0 Å². The second kappa shape index (κ2) is 4.45. The highest BCUT2D eigenvalue weighted by Crippen LogP contribution is 2.22. The molecule has 2 rings (SSSR count). The van der Waals surface area contributed by atoms with Gasteiger partial charge in [-0.1, -0.05) is 12.1 Å². The average molecular weight is 228 g/mol. The van der Waals surface area contributed by atoms with E-state index in [1.807, 2.05) is 6.07 Å². The minimum absolute atomic E-state index is 0.00834. The van der Waals surface area contributed by atoms with Crippen molar-refractivity contribution in [1.82, 2.24) is 9.55 Å². The molecule has 0 aliphatic rings. The summed E-state index contributed by atoms with van der Waals surface area (Å²) >= 11 is 0. The summed E-state index contributed by atoms with van der Waals surface area (Å²) < 4.78 is 1.64. The van der Waals surface area contributed by atoms with E-state index in [0.717, 1.165) is 0 Å². The number of aromatic nitrogens is 2. The number of nitrogens with zero attached hydrogens (tertiary/aromatic N) is 4. The summed E-state index contributed by atoms with van der Waals surface area (Å²) in [6.45, 7) is 0.165. The number of nitro benzene ring substituents is 1. The molecule has 0 fully saturated rings. The van der Waals surface area contributed by atoms with Crippen LogP contribution in [0, 0.1) is 21.4 Å². The van der Waals surface area contributed by atoms with Gasteiger partial charge in [-0.05, 0) is 0 Å². The van der Waals surface area contributed by atoms with Crippen LogP contribution in [0.2, 0.25) is 0 Å². The lowest BCUT2D eigenvalue weighted by Crippen LogP contribution is -1.97. The minimum atomic E-state index is -0.457. The topological polar surface area (TPSA) is 84.8 Å². The van der Waals surface area contributed by atoms with E-state index in [1.165, 1.54) is 12.1 Å². The van der Waals surface area contributed by atoms with E-state index >= 15 is 0 Å². The molecule has 0 unspecified atom stereocenters. The van der Waals surface area contributed by atoms with Crippen LogP contribution in [-0.2, 0) is 6.54 Å². The fourth-order valence-electron chi connectivity index (χ4n) is 1.53. The van der Waals surface area contributed by atoms with Crippen molar-refractivity contribution in [1.29, 1.82) is 5.26 Å². The second-order valence-corrected chi connectivity index (χ2v) is 3.34. The summed E-state index contributed by atoms with van der Waals surface area (Å²) in [5.74, 6) is 0.551. The van der Waals surface area contributed by atoms with Crippen molar-refractivity contribution < 1.29 is 4.92 Å². The minimum Gasteiger partial charge on any atom is -0.317 e. The number of non-ortho nitro benzene ring substituents is 1. The highest BCUT2D eigenvalue weighted by atomic mass is 16.6. The molecule has 0 N–H and O–H groups in total. The Morgan fingerprint density at radius 1 is 1.53 bits per heavy atom. The Morgan fingerprint density at radius 3 is 3.06 bits per heavy atom. The molecule has 1 aromatic carbocycles. The predicted octanol–water partition coefficient (Wildman–Crippen LogP) is 1.98. The van der Waals surface area contributed by atoms with Gasteiger partial charge in [-0.2, -0.15) is 5.26 Å². The van der Waals surface area contributed by atoms with Crippen molar-refractivity contribution in [3.63, 3.8) is 0 Å². The second-order valence-electron chi connectivity index (χ2n) is 3.34. The Hall–Kier alpha value is -2.68. The summed E-state index contributed by atoms with van der Waals surface area (Å²) in [5, 5.41) is 19.3. The molecule has 0 aliphatic carbocycles. The predicted molar refractivity (Wildman–Crippen MR) is 59.9 cm³/mol. The number of hydrogen-bond acceptors (Lipinski definition) is 4. The van der Waals surface area contributed by atoms with Crippen molar-refractivity contribution >= 4 is 5.69 Å². The van der Waals surface area contributed by atoms with E-state index in [0.29, 0.717) is 11.4 Å². The zero-order valence-corrected chi connectivity index (χ0v) is 8.78.